The number of nitro groups is 1. The van der Waals surface area contributed by atoms with Gasteiger partial charge in [-0.25, -0.2) is 4.98 Å². The van der Waals surface area contributed by atoms with Gasteiger partial charge in [-0.15, -0.1) is 17.0 Å². The zero-order valence-electron chi connectivity index (χ0n) is 11.7. The fraction of sp³-hybridized carbons (Fsp3) is 0. The molecule has 118 valence electrons. The second kappa shape index (κ2) is 6.49. The van der Waals surface area contributed by atoms with Gasteiger partial charge in [-0.3, -0.25) is 14.7 Å². The van der Waals surface area contributed by atoms with Crippen molar-refractivity contribution in [2.45, 2.75) is 0 Å². The van der Waals surface area contributed by atoms with E-state index in [2.05, 4.69) is 4.98 Å². The van der Waals surface area contributed by atoms with Crippen molar-refractivity contribution in [3.63, 3.8) is 0 Å². The van der Waals surface area contributed by atoms with Gasteiger partial charge >= 0.3 is 5.69 Å². The highest BCUT2D eigenvalue weighted by molar-refractivity contribution is 8.93. The van der Waals surface area contributed by atoms with Crippen molar-refractivity contribution in [3.8, 4) is 28.4 Å². The van der Waals surface area contributed by atoms with Crippen LogP contribution in [0.4, 0.5) is 5.69 Å². The van der Waals surface area contributed by atoms with Crippen molar-refractivity contribution >= 4 is 22.7 Å². The van der Waals surface area contributed by atoms with Crippen LogP contribution in [-0.2, 0) is 0 Å². The molecule has 7 nitrogen and oxygen atoms in total. The number of benzene rings is 2. The summed E-state index contributed by atoms with van der Waals surface area (Å²) in [6, 6.07) is 11.8. The lowest BCUT2D eigenvalue weighted by atomic mass is 10.1. The van der Waals surface area contributed by atoms with E-state index in [1.165, 1.54) is 18.3 Å². The molecule has 0 spiro atoms. The standard InChI is InChI=1S/C15H11N3O4.BrH/c19-14-7-10(6-12(15(14)20)18(21)22)13-8-16-9-17(13)11-4-2-1-3-5-11;/h1-9,19-20H;1H. The summed E-state index contributed by atoms with van der Waals surface area (Å²) in [5.41, 5.74) is 1.20. The van der Waals surface area contributed by atoms with Gasteiger partial charge in [0.2, 0.25) is 5.75 Å². The molecule has 0 aliphatic carbocycles. The Bertz CT molecular complexity index is 849. The van der Waals surface area contributed by atoms with E-state index in [1.807, 2.05) is 30.3 Å². The first-order valence-electron chi connectivity index (χ1n) is 6.36. The lowest BCUT2D eigenvalue weighted by Gasteiger charge is -2.09. The van der Waals surface area contributed by atoms with Crippen LogP contribution in [0.5, 0.6) is 11.5 Å². The number of phenols is 2. The summed E-state index contributed by atoms with van der Waals surface area (Å²) in [5, 5.41) is 30.2. The number of aromatic nitrogens is 2. The van der Waals surface area contributed by atoms with Crippen LogP contribution in [0.2, 0.25) is 0 Å². The van der Waals surface area contributed by atoms with Crippen LogP contribution in [-0.4, -0.2) is 24.7 Å². The molecule has 2 N–H and O–H groups in total. The molecule has 1 aromatic heterocycles. The normalized spacial score (nSPS) is 10.1. The van der Waals surface area contributed by atoms with Gasteiger partial charge in [-0.1, -0.05) is 18.2 Å². The van der Waals surface area contributed by atoms with Crippen LogP contribution in [0.25, 0.3) is 16.9 Å². The van der Waals surface area contributed by atoms with Gasteiger partial charge in [0.05, 0.1) is 23.1 Å². The summed E-state index contributed by atoms with van der Waals surface area (Å²) in [7, 11) is 0. The minimum Gasteiger partial charge on any atom is -0.504 e. The summed E-state index contributed by atoms with van der Waals surface area (Å²) in [6.45, 7) is 0. The largest absolute Gasteiger partial charge is 0.504 e. The van der Waals surface area contributed by atoms with Crippen molar-refractivity contribution in [3.05, 3.63) is 65.1 Å². The van der Waals surface area contributed by atoms with Gasteiger partial charge < -0.3 is 10.2 Å². The Balaban J connectivity index is 0.00000192. The highest BCUT2D eigenvalue weighted by atomic mass is 79.9. The van der Waals surface area contributed by atoms with Gasteiger partial charge in [0.25, 0.3) is 0 Å². The zero-order chi connectivity index (χ0) is 15.7. The molecular weight excluding hydrogens is 366 g/mol. The minimum atomic E-state index is -0.750. The molecule has 0 fully saturated rings. The average molecular weight is 378 g/mol. The fourth-order valence-electron chi connectivity index (χ4n) is 2.19. The fourth-order valence-corrected chi connectivity index (χ4v) is 2.19. The molecular formula is C15H12BrN3O4. The number of hydrogen-bond acceptors (Lipinski definition) is 5. The predicted octanol–water partition coefficient (Wildman–Crippen LogP) is 3.44. The second-order valence-corrected chi connectivity index (χ2v) is 4.60. The molecule has 0 aliphatic heterocycles. The van der Waals surface area contributed by atoms with Crippen LogP contribution in [0.3, 0.4) is 0 Å². The zero-order valence-corrected chi connectivity index (χ0v) is 13.4. The van der Waals surface area contributed by atoms with Crippen molar-refractivity contribution in [1.29, 1.82) is 0 Å². The van der Waals surface area contributed by atoms with E-state index >= 15 is 0 Å². The molecule has 1 heterocycles. The molecule has 0 unspecified atom stereocenters. The number of hydrogen-bond donors (Lipinski definition) is 2. The Hall–Kier alpha value is -2.87. The summed E-state index contributed by atoms with van der Waals surface area (Å²) >= 11 is 0. The smallest absolute Gasteiger partial charge is 0.315 e. The maximum absolute atomic E-state index is 11.0. The first-order valence-corrected chi connectivity index (χ1v) is 6.36. The molecule has 0 radical (unpaired) electrons. The minimum absolute atomic E-state index is 0. The van der Waals surface area contributed by atoms with Gasteiger partial charge in [-0.05, 0) is 18.2 Å². The number of imidazole rings is 1. The number of nitro benzene ring substituents is 1. The molecule has 2 aromatic carbocycles. The number of halogens is 1. The number of phenolic OH excluding ortho intramolecular Hbond substituents is 2. The third-order valence-electron chi connectivity index (χ3n) is 3.24. The Morgan fingerprint density at radius 3 is 2.48 bits per heavy atom. The Morgan fingerprint density at radius 1 is 1.13 bits per heavy atom. The summed E-state index contributed by atoms with van der Waals surface area (Å²) in [6.07, 6.45) is 3.10. The first kappa shape index (κ1) is 16.5. The Kier molecular flexibility index (Phi) is 4.65. The van der Waals surface area contributed by atoms with Gasteiger partial charge in [0.15, 0.2) is 5.75 Å². The maximum Gasteiger partial charge on any atom is 0.315 e. The van der Waals surface area contributed by atoms with E-state index in [-0.39, 0.29) is 17.0 Å². The van der Waals surface area contributed by atoms with E-state index < -0.39 is 22.1 Å². The third kappa shape index (κ3) is 3.02. The van der Waals surface area contributed by atoms with Crippen LogP contribution in [0.15, 0.2) is 55.0 Å². The molecule has 0 aliphatic rings. The summed E-state index contributed by atoms with van der Waals surface area (Å²) in [5.74, 6) is -1.30. The van der Waals surface area contributed by atoms with Crippen LogP contribution in [0.1, 0.15) is 0 Å². The maximum atomic E-state index is 11.0. The van der Waals surface area contributed by atoms with E-state index in [4.69, 9.17) is 0 Å². The highest BCUT2D eigenvalue weighted by Gasteiger charge is 2.21. The number of aromatic hydroxyl groups is 2. The van der Waals surface area contributed by atoms with E-state index in [0.717, 1.165) is 5.69 Å². The molecule has 8 heteroatoms. The number of rotatable bonds is 3. The first-order chi connectivity index (χ1) is 10.6. The van der Waals surface area contributed by atoms with Gasteiger partial charge in [-0.2, -0.15) is 0 Å². The lowest BCUT2D eigenvalue weighted by molar-refractivity contribution is -0.385. The molecule has 3 aromatic rings. The van der Waals surface area contributed by atoms with E-state index in [1.54, 1.807) is 10.9 Å². The average Bonchev–Trinajstić information content (AvgIpc) is 3.00. The summed E-state index contributed by atoms with van der Waals surface area (Å²) < 4.78 is 1.73. The van der Waals surface area contributed by atoms with Gasteiger partial charge in [0, 0.05) is 17.3 Å². The lowest BCUT2D eigenvalue weighted by Crippen LogP contribution is -1.96. The summed E-state index contributed by atoms with van der Waals surface area (Å²) in [4.78, 5) is 14.3. The van der Waals surface area contributed by atoms with Crippen LogP contribution < -0.4 is 0 Å². The van der Waals surface area contributed by atoms with Crippen LogP contribution >= 0.6 is 17.0 Å². The predicted molar refractivity (Wildman–Crippen MR) is 89.3 cm³/mol. The van der Waals surface area contributed by atoms with Crippen LogP contribution in [0, 0.1) is 10.1 Å². The highest BCUT2D eigenvalue weighted by Crippen LogP contribution is 2.39. The number of para-hydroxylation sites is 1. The number of nitrogens with zero attached hydrogens (tertiary/aromatic N) is 3. The Morgan fingerprint density at radius 2 is 1.83 bits per heavy atom. The molecule has 3 rings (SSSR count). The second-order valence-electron chi connectivity index (χ2n) is 4.60. The quantitative estimate of drug-likeness (QED) is 0.413. The van der Waals surface area contributed by atoms with E-state index in [0.29, 0.717) is 11.3 Å². The van der Waals surface area contributed by atoms with Gasteiger partial charge in [0.1, 0.15) is 0 Å². The van der Waals surface area contributed by atoms with Crippen molar-refractivity contribution in [2.24, 2.45) is 0 Å². The van der Waals surface area contributed by atoms with E-state index in [9.17, 15) is 20.3 Å². The third-order valence-corrected chi connectivity index (χ3v) is 3.24. The monoisotopic (exact) mass is 377 g/mol. The molecule has 0 atom stereocenters. The molecule has 0 saturated carbocycles. The molecule has 0 saturated heterocycles. The molecule has 23 heavy (non-hydrogen) atoms. The van der Waals surface area contributed by atoms with Crippen molar-refractivity contribution < 1.29 is 15.1 Å². The van der Waals surface area contributed by atoms with Crippen molar-refractivity contribution in [2.75, 3.05) is 0 Å². The van der Waals surface area contributed by atoms with Crippen molar-refractivity contribution in [1.82, 2.24) is 9.55 Å². The SMILES string of the molecule is Br.O=[N+]([O-])c1cc(-c2cncn2-c2ccccc2)cc(O)c1O. The molecule has 0 bridgehead atoms. The topological polar surface area (TPSA) is 101 Å². The molecule has 0 amide bonds. The Labute approximate surface area is 141 Å².